The highest BCUT2D eigenvalue weighted by Crippen LogP contribution is 2.30. The van der Waals surface area contributed by atoms with Crippen molar-refractivity contribution in [1.82, 2.24) is 9.80 Å². The molecule has 0 saturated heterocycles. The minimum absolute atomic E-state index is 0.0675. The first-order valence-corrected chi connectivity index (χ1v) is 10.8. The van der Waals surface area contributed by atoms with Gasteiger partial charge in [0.15, 0.2) is 0 Å². The molecule has 0 fully saturated rings. The summed E-state index contributed by atoms with van der Waals surface area (Å²) in [6, 6.07) is 13.4. The van der Waals surface area contributed by atoms with Crippen LogP contribution in [0.1, 0.15) is 24.2 Å². The van der Waals surface area contributed by atoms with Gasteiger partial charge in [0.05, 0.1) is 18.2 Å². The van der Waals surface area contributed by atoms with Crippen LogP contribution < -0.4 is 15.4 Å². The number of ether oxygens (including phenoxy) is 1. The third-order valence-electron chi connectivity index (χ3n) is 5.50. The highest BCUT2D eigenvalue weighted by Gasteiger charge is 2.33. The molecule has 172 valence electrons. The Kier molecular flexibility index (Phi) is 7.71. The Balaban J connectivity index is 1.89. The minimum Gasteiger partial charge on any atom is -0.488 e. The number of benzene rings is 2. The molecule has 8 nitrogen and oxygen atoms in total. The van der Waals surface area contributed by atoms with Gasteiger partial charge in [-0.2, -0.15) is 0 Å². The van der Waals surface area contributed by atoms with Crippen LogP contribution in [0.4, 0.5) is 16.2 Å². The summed E-state index contributed by atoms with van der Waals surface area (Å²) in [6.45, 7) is 4.89. The van der Waals surface area contributed by atoms with Gasteiger partial charge < -0.3 is 30.3 Å². The predicted molar refractivity (Wildman–Crippen MR) is 125 cm³/mol. The number of hydrogen-bond donors (Lipinski definition) is 3. The molecule has 3 amide bonds. The fraction of sp³-hybridized carbons (Fsp3) is 0.417. The number of aliphatic hydroxyl groups is 1. The minimum atomic E-state index is -0.407. The van der Waals surface area contributed by atoms with Crippen LogP contribution >= 0.6 is 0 Å². The lowest BCUT2D eigenvalue weighted by atomic mass is 9.99. The van der Waals surface area contributed by atoms with Crippen LogP contribution in [0.2, 0.25) is 0 Å². The Morgan fingerprint density at radius 1 is 1.19 bits per heavy atom. The van der Waals surface area contributed by atoms with Crippen molar-refractivity contribution in [1.29, 1.82) is 0 Å². The van der Waals surface area contributed by atoms with Gasteiger partial charge in [0.1, 0.15) is 11.9 Å². The molecule has 0 aliphatic carbocycles. The SMILES string of the molecule is C[C@@H]1CN([C@@H](C)CO)C(=O)c2cc(NC(=O)Nc3ccccc3)ccc2O[C@H]1CN(C)C. The van der Waals surface area contributed by atoms with Crippen molar-refractivity contribution < 1.29 is 19.4 Å². The molecule has 0 aromatic heterocycles. The summed E-state index contributed by atoms with van der Waals surface area (Å²) in [7, 11) is 3.96. The van der Waals surface area contributed by atoms with Crippen LogP contribution in [0.5, 0.6) is 5.75 Å². The van der Waals surface area contributed by atoms with Gasteiger partial charge in [-0.3, -0.25) is 4.79 Å². The van der Waals surface area contributed by atoms with Crippen molar-refractivity contribution >= 4 is 23.3 Å². The van der Waals surface area contributed by atoms with E-state index < -0.39 is 6.03 Å². The van der Waals surface area contributed by atoms with Crippen LogP contribution in [0.3, 0.4) is 0 Å². The molecule has 1 aliphatic heterocycles. The standard InChI is InChI=1S/C24H32N4O4/c1-16-13-28(17(2)15-29)23(30)20-12-19(10-11-21(20)32-22(16)14-27(3)4)26-24(31)25-18-8-6-5-7-9-18/h5-12,16-17,22,29H,13-15H2,1-4H3,(H2,25,26,31)/t16-,17+,22+/m1/s1. The molecule has 2 aromatic rings. The molecule has 32 heavy (non-hydrogen) atoms. The van der Waals surface area contributed by atoms with E-state index in [1.54, 1.807) is 35.2 Å². The fourth-order valence-electron chi connectivity index (χ4n) is 3.69. The largest absolute Gasteiger partial charge is 0.488 e. The topological polar surface area (TPSA) is 94.1 Å². The van der Waals surface area contributed by atoms with Crippen LogP contribution in [-0.2, 0) is 0 Å². The summed E-state index contributed by atoms with van der Waals surface area (Å²) in [6.07, 6.45) is -0.134. The van der Waals surface area contributed by atoms with E-state index in [4.69, 9.17) is 4.74 Å². The number of likely N-dealkylation sites (N-methyl/N-ethyl adjacent to an activating group) is 1. The Bertz CT molecular complexity index is 935. The predicted octanol–water partition coefficient (Wildman–Crippen LogP) is 3.11. The lowest BCUT2D eigenvalue weighted by Crippen LogP contribution is -2.49. The number of anilines is 2. The second-order valence-electron chi connectivity index (χ2n) is 8.54. The fourth-order valence-corrected chi connectivity index (χ4v) is 3.69. The molecule has 0 unspecified atom stereocenters. The third kappa shape index (κ3) is 5.77. The molecule has 3 N–H and O–H groups in total. The summed E-state index contributed by atoms with van der Waals surface area (Å²) in [5, 5.41) is 15.3. The van der Waals surface area contributed by atoms with E-state index in [-0.39, 0.29) is 30.6 Å². The normalized spacial score (nSPS) is 19.4. The van der Waals surface area contributed by atoms with Crippen molar-refractivity contribution in [2.45, 2.75) is 26.0 Å². The van der Waals surface area contributed by atoms with Crippen molar-refractivity contribution in [3.63, 3.8) is 0 Å². The quantitative estimate of drug-likeness (QED) is 0.642. The van der Waals surface area contributed by atoms with Crippen molar-refractivity contribution in [3.8, 4) is 5.75 Å². The summed E-state index contributed by atoms with van der Waals surface area (Å²) >= 11 is 0. The average molecular weight is 441 g/mol. The number of carbonyl (C=O) groups is 2. The number of urea groups is 1. The number of nitrogens with one attached hydrogen (secondary N) is 2. The first-order chi connectivity index (χ1) is 15.3. The lowest BCUT2D eigenvalue weighted by molar-refractivity contribution is 0.0363. The van der Waals surface area contributed by atoms with E-state index in [0.717, 1.165) is 0 Å². The van der Waals surface area contributed by atoms with E-state index in [1.807, 2.05) is 51.0 Å². The molecule has 0 radical (unpaired) electrons. The molecule has 3 rings (SSSR count). The maximum absolute atomic E-state index is 13.4. The van der Waals surface area contributed by atoms with Gasteiger partial charge >= 0.3 is 6.03 Å². The molecular weight excluding hydrogens is 408 g/mol. The number of carbonyl (C=O) groups excluding carboxylic acids is 2. The van der Waals surface area contributed by atoms with Gasteiger partial charge in [-0.25, -0.2) is 4.79 Å². The number of rotatable bonds is 6. The summed E-state index contributed by atoms with van der Waals surface area (Å²) in [5.74, 6) is 0.305. The van der Waals surface area contributed by atoms with Crippen molar-refractivity contribution in [2.24, 2.45) is 5.92 Å². The molecule has 2 aromatic carbocycles. The molecule has 0 bridgehead atoms. The summed E-state index contributed by atoms with van der Waals surface area (Å²) in [4.78, 5) is 29.5. The van der Waals surface area contributed by atoms with Crippen LogP contribution in [0, 0.1) is 5.92 Å². The third-order valence-corrected chi connectivity index (χ3v) is 5.50. The Morgan fingerprint density at radius 3 is 2.53 bits per heavy atom. The smallest absolute Gasteiger partial charge is 0.323 e. The van der Waals surface area contributed by atoms with Gasteiger partial charge in [-0.1, -0.05) is 25.1 Å². The van der Waals surface area contributed by atoms with Crippen LogP contribution in [-0.4, -0.2) is 72.8 Å². The Labute approximate surface area is 189 Å². The molecule has 1 aliphatic rings. The summed E-state index contributed by atoms with van der Waals surface area (Å²) in [5.41, 5.74) is 1.50. The summed E-state index contributed by atoms with van der Waals surface area (Å²) < 4.78 is 6.27. The highest BCUT2D eigenvalue weighted by atomic mass is 16.5. The van der Waals surface area contributed by atoms with E-state index in [1.165, 1.54) is 0 Å². The van der Waals surface area contributed by atoms with E-state index in [2.05, 4.69) is 10.6 Å². The van der Waals surface area contributed by atoms with E-state index >= 15 is 0 Å². The maximum Gasteiger partial charge on any atom is 0.323 e. The average Bonchev–Trinajstić information content (AvgIpc) is 2.76. The molecular formula is C24H32N4O4. The highest BCUT2D eigenvalue weighted by molar-refractivity contribution is 6.02. The second kappa shape index (κ2) is 10.5. The lowest BCUT2D eigenvalue weighted by Gasteiger charge is -2.37. The van der Waals surface area contributed by atoms with E-state index in [9.17, 15) is 14.7 Å². The molecule has 1 heterocycles. The van der Waals surface area contributed by atoms with E-state index in [0.29, 0.717) is 35.8 Å². The zero-order chi connectivity index (χ0) is 23.3. The molecule has 3 atom stereocenters. The number of nitrogens with zero attached hydrogens (tertiary/aromatic N) is 2. The van der Waals surface area contributed by atoms with Gasteiger partial charge in [-0.15, -0.1) is 0 Å². The van der Waals surface area contributed by atoms with Gasteiger partial charge in [0, 0.05) is 30.4 Å². The Hall–Kier alpha value is -3.10. The first kappa shape index (κ1) is 23.6. The van der Waals surface area contributed by atoms with Gasteiger partial charge in [0.2, 0.25) is 0 Å². The number of para-hydroxylation sites is 1. The Morgan fingerprint density at radius 2 is 1.88 bits per heavy atom. The van der Waals surface area contributed by atoms with Crippen molar-refractivity contribution in [3.05, 3.63) is 54.1 Å². The van der Waals surface area contributed by atoms with Crippen LogP contribution in [0.15, 0.2) is 48.5 Å². The molecule has 8 heteroatoms. The number of amides is 3. The number of hydrogen-bond acceptors (Lipinski definition) is 5. The monoisotopic (exact) mass is 440 g/mol. The van der Waals surface area contributed by atoms with Crippen LogP contribution in [0.25, 0.3) is 0 Å². The second-order valence-corrected chi connectivity index (χ2v) is 8.54. The van der Waals surface area contributed by atoms with Gasteiger partial charge in [-0.05, 0) is 51.4 Å². The molecule has 0 spiro atoms. The maximum atomic E-state index is 13.4. The number of aliphatic hydroxyl groups excluding tert-OH is 1. The zero-order valence-electron chi connectivity index (χ0n) is 19.0. The first-order valence-electron chi connectivity index (χ1n) is 10.8. The zero-order valence-corrected chi connectivity index (χ0v) is 19.0. The molecule has 0 saturated carbocycles. The van der Waals surface area contributed by atoms with Crippen molar-refractivity contribution in [2.75, 3.05) is 44.4 Å². The number of fused-ring (bicyclic) bond motifs is 1. The van der Waals surface area contributed by atoms with Gasteiger partial charge in [0.25, 0.3) is 5.91 Å².